The first kappa shape index (κ1) is 11.7. The maximum Gasteiger partial charge on any atom is 0.161 e. The van der Waals surface area contributed by atoms with E-state index in [2.05, 4.69) is 20.8 Å². The van der Waals surface area contributed by atoms with Crippen LogP contribution in [0.1, 0.15) is 26.3 Å². The number of hydrogen-bond acceptors (Lipinski definition) is 3. The van der Waals surface area contributed by atoms with Gasteiger partial charge in [-0.3, -0.25) is 0 Å². The van der Waals surface area contributed by atoms with Crippen LogP contribution in [-0.4, -0.2) is 19.3 Å². The van der Waals surface area contributed by atoms with Crippen LogP contribution in [-0.2, 0) is 5.41 Å². The molecule has 1 aromatic carbocycles. The van der Waals surface area contributed by atoms with Gasteiger partial charge in [0.15, 0.2) is 11.5 Å². The molecule has 0 amide bonds. The molecule has 1 aromatic rings. The summed E-state index contributed by atoms with van der Waals surface area (Å²) in [4.78, 5) is 0. The Hall–Kier alpha value is -1.38. The predicted octanol–water partition coefficient (Wildman–Crippen LogP) is 2.71. The van der Waals surface area contributed by atoms with Gasteiger partial charge < -0.3 is 14.6 Å². The van der Waals surface area contributed by atoms with Crippen molar-refractivity contribution in [3.05, 3.63) is 17.7 Å². The van der Waals surface area contributed by atoms with Gasteiger partial charge >= 0.3 is 0 Å². The highest BCUT2D eigenvalue weighted by molar-refractivity contribution is 5.52. The number of phenolic OH excluding ortho intramolecular Hbond substituents is 1. The number of ether oxygens (including phenoxy) is 2. The van der Waals surface area contributed by atoms with Crippen molar-refractivity contribution in [3.8, 4) is 17.2 Å². The number of methoxy groups -OCH3 is 2. The minimum absolute atomic E-state index is 0.0493. The molecule has 0 aliphatic carbocycles. The van der Waals surface area contributed by atoms with Gasteiger partial charge in [-0.15, -0.1) is 0 Å². The van der Waals surface area contributed by atoms with Crippen molar-refractivity contribution in [1.82, 2.24) is 0 Å². The molecule has 0 aromatic heterocycles. The van der Waals surface area contributed by atoms with Gasteiger partial charge in [-0.1, -0.05) is 20.8 Å². The van der Waals surface area contributed by atoms with E-state index in [1.807, 2.05) is 6.07 Å². The lowest BCUT2D eigenvalue weighted by atomic mass is 9.86. The highest BCUT2D eigenvalue weighted by Gasteiger charge is 2.21. The zero-order chi connectivity index (χ0) is 11.6. The van der Waals surface area contributed by atoms with Crippen molar-refractivity contribution >= 4 is 0 Å². The smallest absolute Gasteiger partial charge is 0.161 e. The first-order valence-electron chi connectivity index (χ1n) is 4.85. The maximum atomic E-state index is 9.61. The number of aromatic hydroxyl groups is 1. The van der Waals surface area contributed by atoms with Crippen molar-refractivity contribution in [2.75, 3.05) is 14.2 Å². The topological polar surface area (TPSA) is 38.7 Å². The largest absolute Gasteiger partial charge is 0.504 e. The monoisotopic (exact) mass is 210 g/mol. The molecule has 0 heterocycles. The van der Waals surface area contributed by atoms with Gasteiger partial charge in [0.2, 0.25) is 0 Å². The molecule has 0 saturated carbocycles. The zero-order valence-electron chi connectivity index (χ0n) is 9.92. The summed E-state index contributed by atoms with van der Waals surface area (Å²) in [5.74, 6) is 1.25. The number of rotatable bonds is 2. The van der Waals surface area contributed by atoms with E-state index in [-0.39, 0.29) is 11.2 Å². The summed E-state index contributed by atoms with van der Waals surface area (Å²) in [5.41, 5.74) is 0.964. The van der Waals surface area contributed by atoms with Crippen LogP contribution in [0.15, 0.2) is 12.1 Å². The van der Waals surface area contributed by atoms with E-state index in [0.29, 0.717) is 11.5 Å². The maximum absolute atomic E-state index is 9.61. The summed E-state index contributed by atoms with van der Waals surface area (Å²) in [7, 11) is 3.13. The van der Waals surface area contributed by atoms with Crippen molar-refractivity contribution in [1.29, 1.82) is 0 Å². The quantitative estimate of drug-likeness (QED) is 0.815. The summed E-state index contributed by atoms with van der Waals surface area (Å²) in [6.45, 7) is 6.25. The highest BCUT2D eigenvalue weighted by Crippen LogP contribution is 2.39. The molecule has 3 nitrogen and oxygen atoms in total. The standard InChI is InChI=1S/C12H18O3/c1-12(2,3)8-6-11(15-5)9(13)7-10(8)14-4/h6-7,13H,1-5H3. The fourth-order valence-corrected chi connectivity index (χ4v) is 1.47. The second kappa shape index (κ2) is 4.01. The molecule has 0 saturated heterocycles. The number of phenols is 1. The highest BCUT2D eigenvalue weighted by atomic mass is 16.5. The Bertz CT molecular complexity index is 351. The van der Waals surface area contributed by atoms with Crippen LogP contribution in [0.25, 0.3) is 0 Å². The molecule has 0 bridgehead atoms. The van der Waals surface area contributed by atoms with Gasteiger partial charge in [0.05, 0.1) is 14.2 Å². The molecular weight excluding hydrogens is 192 g/mol. The Morgan fingerprint density at radius 3 is 1.93 bits per heavy atom. The summed E-state index contributed by atoms with van der Waals surface area (Å²) in [5, 5.41) is 9.61. The molecule has 3 heteroatoms. The predicted molar refractivity (Wildman–Crippen MR) is 59.9 cm³/mol. The van der Waals surface area contributed by atoms with Gasteiger partial charge in [-0.05, 0) is 11.5 Å². The third kappa shape index (κ3) is 2.35. The van der Waals surface area contributed by atoms with Crippen molar-refractivity contribution in [2.45, 2.75) is 26.2 Å². The molecule has 0 unspecified atom stereocenters. The number of hydrogen-bond donors (Lipinski definition) is 1. The molecular formula is C12H18O3. The third-order valence-electron chi connectivity index (χ3n) is 2.31. The van der Waals surface area contributed by atoms with E-state index < -0.39 is 0 Å². The molecule has 0 fully saturated rings. The summed E-state index contributed by atoms with van der Waals surface area (Å²) in [6.07, 6.45) is 0. The Balaban J connectivity index is 3.36. The average molecular weight is 210 g/mol. The van der Waals surface area contributed by atoms with Gasteiger partial charge in [0.1, 0.15) is 5.75 Å². The lowest BCUT2D eigenvalue weighted by Gasteiger charge is -2.23. The van der Waals surface area contributed by atoms with E-state index in [0.717, 1.165) is 5.56 Å². The van der Waals surface area contributed by atoms with E-state index in [1.165, 1.54) is 7.11 Å². The van der Waals surface area contributed by atoms with E-state index >= 15 is 0 Å². The summed E-state index contributed by atoms with van der Waals surface area (Å²) < 4.78 is 10.3. The van der Waals surface area contributed by atoms with Gasteiger partial charge in [0.25, 0.3) is 0 Å². The molecule has 84 valence electrons. The lowest BCUT2D eigenvalue weighted by Crippen LogP contribution is -2.13. The van der Waals surface area contributed by atoms with Gasteiger partial charge in [-0.2, -0.15) is 0 Å². The van der Waals surface area contributed by atoms with Crippen LogP contribution in [0, 0.1) is 0 Å². The molecule has 15 heavy (non-hydrogen) atoms. The van der Waals surface area contributed by atoms with E-state index in [1.54, 1.807) is 13.2 Å². The van der Waals surface area contributed by atoms with Crippen LogP contribution >= 0.6 is 0 Å². The summed E-state index contributed by atoms with van der Waals surface area (Å²) >= 11 is 0. The van der Waals surface area contributed by atoms with Crippen molar-refractivity contribution in [3.63, 3.8) is 0 Å². The van der Waals surface area contributed by atoms with Crippen LogP contribution < -0.4 is 9.47 Å². The van der Waals surface area contributed by atoms with E-state index in [4.69, 9.17) is 9.47 Å². The fraction of sp³-hybridized carbons (Fsp3) is 0.500. The molecule has 0 spiro atoms. The Labute approximate surface area is 90.6 Å². The second-order valence-electron chi connectivity index (χ2n) is 4.47. The lowest BCUT2D eigenvalue weighted by molar-refractivity contribution is 0.359. The average Bonchev–Trinajstić information content (AvgIpc) is 2.15. The molecule has 0 aliphatic rings. The van der Waals surface area contributed by atoms with Crippen LogP contribution in [0.2, 0.25) is 0 Å². The van der Waals surface area contributed by atoms with Gasteiger partial charge in [0, 0.05) is 11.6 Å². The SMILES string of the molecule is COc1cc(C(C)(C)C)c(OC)cc1O. The normalized spacial score (nSPS) is 11.3. The Kier molecular flexibility index (Phi) is 3.12. The molecule has 0 atom stereocenters. The Morgan fingerprint density at radius 2 is 1.53 bits per heavy atom. The zero-order valence-corrected chi connectivity index (χ0v) is 9.92. The first-order valence-corrected chi connectivity index (χ1v) is 4.85. The fourth-order valence-electron chi connectivity index (χ4n) is 1.47. The molecule has 0 radical (unpaired) electrons. The summed E-state index contributed by atoms with van der Waals surface area (Å²) in [6, 6.07) is 3.40. The second-order valence-corrected chi connectivity index (χ2v) is 4.47. The van der Waals surface area contributed by atoms with Crippen LogP contribution in [0.4, 0.5) is 0 Å². The van der Waals surface area contributed by atoms with Crippen molar-refractivity contribution < 1.29 is 14.6 Å². The van der Waals surface area contributed by atoms with Crippen LogP contribution in [0.3, 0.4) is 0 Å². The third-order valence-corrected chi connectivity index (χ3v) is 2.31. The van der Waals surface area contributed by atoms with Crippen molar-refractivity contribution in [2.24, 2.45) is 0 Å². The van der Waals surface area contributed by atoms with E-state index in [9.17, 15) is 5.11 Å². The minimum Gasteiger partial charge on any atom is -0.504 e. The first-order chi connectivity index (χ1) is 6.90. The molecule has 0 aliphatic heterocycles. The van der Waals surface area contributed by atoms with Crippen LogP contribution in [0.5, 0.6) is 17.2 Å². The molecule has 1 rings (SSSR count). The molecule has 1 N–H and O–H groups in total. The minimum atomic E-state index is -0.0493. The van der Waals surface area contributed by atoms with Gasteiger partial charge in [-0.25, -0.2) is 0 Å². The number of benzene rings is 1. The Morgan fingerprint density at radius 1 is 1.00 bits per heavy atom.